The van der Waals surface area contributed by atoms with Gasteiger partial charge in [0.15, 0.2) is 0 Å². The van der Waals surface area contributed by atoms with Crippen LogP contribution in [0.1, 0.15) is 54.4 Å². The van der Waals surface area contributed by atoms with E-state index >= 15 is 0 Å². The normalized spacial score (nSPS) is 23.0. The molecular weight excluding hydrogens is 747 g/mol. The smallest absolute Gasteiger partial charge is 0.243 e. The average molecular weight is 802 g/mol. The number of aryl methyl sites for hydroxylation is 1. The Morgan fingerprint density at radius 2 is 1.46 bits per heavy atom. The van der Waals surface area contributed by atoms with Crippen LogP contribution in [0.15, 0.2) is 103 Å². The fourth-order valence-corrected chi connectivity index (χ4v) is 7.35. The largest absolute Gasteiger partial charge is 0.384 e. The summed E-state index contributed by atoms with van der Waals surface area (Å²) in [7, 11) is 0. The number of nitrogens with zero attached hydrogens (tertiary/aromatic N) is 2. The topological polar surface area (TPSA) is 202 Å². The lowest BCUT2D eigenvalue weighted by Gasteiger charge is -2.34. The van der Waals surface area contributed by atoms with Gasteiger partial charge >= 0.3 is 0 Å². The highest BCUT2D eigenvalue weighted by molar-refractivity contribution is 5.95. The lowest BCUT2D eigenvalue weighted by atomic mass is 9.96. The number of carbonyl (C=O) groups is 5. The Labute approximate surface area is 345 Å². The zero-order valence-corrected chi connectivity index (χ0v) is 33.4. The lowest BCUT2D eigenvalue weighted by molar-refractivity contribution is -0.132. The van der Waals surface area contributed by atoms with Gasteiger partial charge in [-0.25, -0.2) is 0 Å². The molecule has 1 saturated heterocycles. The van der Waals surface area contributed by atoms with Gasteiger partial charge in [0, 0.05) is 89.2 Å². The van der Waals surface area contributed by atoms with Crippen molar-refractivity contribution in [1.82, 2.24) is 31.1 Å². The number of amidine groups is 1. The summed E-state index contributed by atoms with van der Waals surface area (Å²) in [6.45, 7) is 4.77. The molecule has 0 spiro atoms. The maximum atomic E-state index is 14.2. The summed E-state index contributed by atoms with van der Waals surface area (Å²) in [5.41, 5.74) is 10.2. The lowest BCUT2D eigenvalue weighted by Crippen LogP contribution is -2.54. The van der Waals surface area contributed by atoms with Gasteiger partial charge in [0.2, 0.25) is 29.5 Å². The second-order valence-electron chi connectivity index (χ2n) is 15.4. The number of amides is 5. The number of nitrogens with one attached hydrogen (secondary N) is 6. The van der Waals surface area contributed by atoms with Crippen molar-refractivity contribution >= 4 is 41.1 Å². The monoisotopic (exact) mass is 801 g/mol. The maximum Gasteiger partial charge on any atom is 0.243 e. The van der Waals surface area contributed by atoms with E-state index < -0.39 is 23.9 Å². The van der Waals surface area contributed by atoms with E-state index in [-0.39, 0.29) is 55.4 Å². The molecule has 5 aliphatic heterocycles. The number of anilines is 1. The van der Waals surface area contributed by atoms with Crippen LogP contribution in [-0.2, 0) is 43.4 Å². The van der Waals surface area contributed by atoms with Gasteiger partial charge in [0.1, 0.15) is 17.9 Å². The SMILES string of the molecule is N=C(N)c1ccc(CNC(=O)C2CC3=CCC(C=C3)NC(=O)CCN3CCN(CCC(=O)Nc4ccc(cc4)CC(NC(=O)CCc4ccccc4)C(=O)N2)CC3)cc1. The van der Waals surface area contributed by atoms with Crippen molar-refractivity contribution in [1.29, 1.82) is 5.41 Å². The van der Waals surface area contributed by atoms with Crippen LogP contribution >= 0.6 is 0 Å². The maximum absolute atomic E-state index is 14.2. The van der Waals surface area contributed by atoms with Crippen LogP contribution < -0.4 is 32.3 Å². The molecule has 1 aliphatic carbocycles. The van der Waals surface area contributed by atoms with Crippen LogP contribution in [0.4, 0.5) is 5.69 Å². The van der Waals surface area contributed by atoms with Gasteiger partial charge in [-0.15, -0.1) is 0 Å². The number of benzene rings is 3. The van der Waals surface area contributed by atoms with E-state index in [1.165, 1.54) is 0 Å². The van der Waals surface area contributed by atoms with E-state index in [1.807, 2.05) is 60.7 Å². The van der Waals surface area contributed by atoms with Crippen molar-refractivity contribution < 1.29 is 24.0 Å². The number of rotatable bonds is 8. The minimum Gasteiger partial charge on any atom is -0.384 e. The van der Waals surface area contributed by atoms with Gasteiger partial charge in [0.05, 0.1) is 6.04 Å². The van der Waals surface area contributed by atoms with Crippen molar-refractivity contribution in [3.63, 3.8) is 0 Å². The summed E-state index contributed by atoms with van der Waals surface area (Å²) < 4.78 is 0. The molecule has 310 valence electrons. The van der Waals surface area contributed by atoms with Gasteiger partial charge in [-0.3, -0.25) is 29.4 Å². The first kappa shape index (κ1) is 42.5. The fourth-order valence-electron chi connectivity index (χ4n) is 7.35. The second-order valence-corrected chi connectivity index (χ2v) is 15.4. The summed E-state index contributed by atoms with van der Waals surface area (Å²) >= 11 is 0. The molecule has 3 aromatic rings. The van der Waals surface area contributed by atoms with Gasteiger partial charge in [-0.2, -0.15) is 0 Å². The summed E-state index contributed by atoms with van der Waals surface area (Å²) in [5, 5.41) is 22.5. The molecular formula is C45H55N9O5. The van der Waals surface area contributed by atoms with Crippen molar-refractivity contribution in [2.24, 2.45) is 5.73 Å². The molecule has 5 heterocycles. The summed E-state index contributed by atoms with van der Waals surface area (Å²) in [6, 6.07) is 21.6. The predicted molar refractivity (Wildman–Crippen MR) is 227 cm³/mol. The van der Waals surface area contributed by atoms with Crippen LogP contribution in [0.5, 0.6) is 0 Å². The summed E-state index contributed by atoms with van der Waals surface area (Å²) in [4.78, 5) is 71.9. The third kappa shape index (κ3) is 13.5. The van der Waals surface area contributed by atoms with Crippen molar-refractivity contribution in [3.05, 3.63) is 125 Å². The van der Waals surface area contributed by atoms with Gasteiger partial charge in [0.25, 0.3) is 0 Å². The molecule has 8 N–H and O–H groups in total. The molecule has 3 aromatic carbocycles. The predicted octanol–water partition coefficient (Wildman–Crippen LogP) is 2.54. The molecule has 6 bridgehead atoms. The highest BCUT2D eigenvalue weighted by atomic mass is 16.2. The molecule has 0 aromatic heterocycles. The van der Waals surface area contributed by atoms with Crippen molar-refractivity contribution in [2.45, 2.75) is 69.6 Å². The first-order valence-corrected chi connectivity index (χ1v) is 20.4. The number of hydrogen-bond donors (Lipinski definition) is 7. The van der Waals surface area contributed by atoms with E-state index in [4.69, 9.17) is 11.1 Å². The van der Waals surface area contributed by atoms with Gasteiger partial charge < -0.3 is 42.1 Å². The number of carbonyl (C=O) groups excluding carboxylic acids is 5. The van der Waals surface area contributed by atoms with E-state index in [1.54, 1.807) is 36.4 Å². The number of hydrogen-bond acceptors (Lipinski definition) is 8. The van der Waals surface area contributed by atoms with Crippen LogP contribution in [0.2, 0.25) is 0 Å². The Morgan fingerprint density at radius 1 is 0.780 bits per heavy atom. The minimum atomic E-state index is -1.01. The zero-order valence-electron chi connectivity index (χ0n) is 33.4. The second kappa shape index (κ2) is 21.0. The molecule has 5 amide bonds. The fraction of sp³-hybridized carbons (Fsp3) is 0.378. The molecule has 0 saturated carbocycles. The molecule has 6 aliphatic rings. The molecule has 3 unspecified atom stereocenters. The molecule has 59 heavy (non-hydrogen) atoms. The van der Waals surface area contributed by atoms with Crippen LogP contribution in [-0.4, -0.2) is 103 Å². The van der Waals surface area contributed by atoms with Gasteiger partial charge in [-0.1, -0.05) is 85.0 Å². The van der Waals surface area contributed by atoms with Crippen molar-refractivity contribution in [3.8, 4) is 0 Å². The van der Waals surface area contributed by atoms with Crippen molar-refractivity contribution in [2.75, 3.05) is 44.6 Å². The van der Waals surface area contributed by atoms with Gasteiger partial charge in [-0.05, 0) is 47.2 Å². The van der Waals surface area contributed by atoms with E-state index in [0.29, 0.717) is 50.0 Å². The molecule has 14 nitrogen and oxygen atoms in total. The summed E-state index contributed by atoms with van der Waals surface area (Å²) in [6.07, 6.45) is 7.99. The first-order chi connectivity index (χ1) is 28.6. The van der Waals surface area contributed by atoms with E-state index in [2.05, 4.69) is 36.4 Å². The Hall–Kier alpha value is -6.12. The molecule has 14 heteroatoms. The Morgan fingerprint density at radius 3 is 2.10 bits per heavy atom. The summed E-state index contributed by atoms with van der Waals surface area (Å²) in [5.74, 6) is -1.44. The van der Waals surface area contributed by atoms with E-state index in [9.17, 15) is 24.0 Å². The number of fused-ring (bicyclic) bond motifs is 2. The van der Waals surface area contributed by atoms with Crippen LogP contribution in [0.25, 0.3) is 0 Å². The molecule has 0 radical (unpaired) electrons. The number of nitrogen functional groups attached to an aromatic ring is 1. The Bertz CT molecular complexity index is 2010. The minimum absolute atomic E-state index is 0.0393. The standard InChI is InChI=1S/C45H55N9O5/c46-43(47)35-13-6-34(7-14-35)30-48-44(58)38-28-32-8-15-36(16-9-32)49-41(56)20-22-53-24-26-54(27-25-53)23-21-42(57)50-37-17-10-33(11-18-37)29-39(45(59)52-38)51-40(55)19-12-31-4-2-1-3-5-31/h1-11,13-15,17-18,36,38-39H,12,16,19-30H2,(H3,46,47)(H,48,58)(H,49,56)(H,50,57)(H,51,55)(H,52,59). The zero-order chi connectivity index (χ0) is 41.6. The quantitative estimate of drug-likeness (QED) is 0.133. The van der Waals surface area contributed by atoms with E-state index in [0.717, 1.165) is 48.4 Å². The molecule has 9 rings (SSSR count). The number of piperazine rings is 1. The third-order valence-electron chi connectivity index (χ3n) is 10.9. The van der Waals surface area contributed by atoms with Crippen LogP contribution in [0.3, 0.4) is 0 Å². The average Bonchev–Trinajstić information content (AvgIpc) is 3.24. The Balaban J connectivity index is 1.21. The third-order valence-corrected chi connectivity index (χ3v) is 10.9. The van der Waals surface area contributed by atoms with Crippen LogP contribution in [0, 0.1) is 5.41 Å². The molecule has 3 atom stereocenters. The first-order valence-electron chi connectivity index (χ1n) is 20.4. The number of allylic oxidation sites excluding steroid dienone is 1. The Kier molecular flexibility index (Phi) is 15.2. The highest BCUT2D eigenvalue weighted by Gasteiger charge is 2.28. The number of nitrogens with two attached hydrogens (primary N) is 1. The molecule has 1 fully saturated rings. The highest BCUT2D eigenvalue weighted by Crippen LogP contribution is 2.18.